The number of nitrogens with one attached hydrogen (secondary N) is 1. The summed E-state index contributed by atoms with van der Waals surface area (Å²) >= 11 is 3.36. The highest BCUT2D eigenvalue weighted by Crippen LogP contribution is 2.25. The largest absolute Gasteiger partial charge is 0.356 e. The number of pyridine rings is 1. The summed E-state index contributed by atoms with van der Waals surface area (Å²) in [6, 6.07) is 6.14. The molecule has 3 nitrogen and oxygen atoms in total. The number of nitrogens with zero attached hydrogens (tertiary/aromatic N) is 2. The molecule has 2 aromatic heterocycles. The molecule has 76 valence electrons. The van der Waals surface area contributed by atoms with Crippen LogP contribution >= 0.6 is 15.9 Å². The van der Waals surface area contributed by atoms with Gasteiger partial charge in [-0.15, -0.1) is 0 Å². The Morgan fingerprint density at radius 3 is 2.87 bits per heavy atom. The number of hydrogen-bond donors (Lipinski definition) is 1. The van der Waals surface area contributed by atoms with Gasteiger partial charge in [0.05, 0.1) is 22.5 Å². The van der Waals surface area contributed by atoms with Crippen molar-refractivity contribution in [1.29, 1.82) is 5.26 Å². The van der Waals surface area contributed by atoms with Crippen molar-refractivity contribution in [2.75, 3.05) is 0 Å². The minimum absolute atomic E-state index is 0.507. The zero-order chi connectivity index (χ0) is 11.1. The highest BCUT2D eigenvalue weighted by molar-refractivity contribution is 9.10. The maximum atomic E-state index is 9.03. The molecule has 0 atom stereocenters. The predicted octanol–water partition coefficient (Wildman–Crippen LogP) is 3.13. The number of rotatable bonds is 1. The molecule has 0 saturated carbocycles. The zero-order valence-electron chi connectivity index (χ0n) is 8.50. The van der Waals surface area contributed by atoms with Gasteiger partial charge >= 0.3 is 0 Å². The molecule has 0 spiro atoms. The standard InChI is InChI=1S/C11H10BrN3/c1-11(2,6-13)10-4-8-9(15-10)3-7(12)5-14-8/h3-5,15H,1-2H3. The van der Waals surface area contributed by atoms with Crippen molar-refractivity contribution in [3.8, 4) is 6.07 Å². The number of fused-ring (bicyclic) bond motifs is 1. The Morgan fingerprint density at radius 2 is 2.20 bits per heavy atom. The van der Waals surface area contributed by atoms with Crippen LogP contribution < -0.4 is 0 Å². The number of halogens is 1. The molecule has 0 aliphatic heterocycles. The predicted molar refractivity (Wildman–Crippen MR) is 62.4 cm³/mol. The Hall–Kier alpha value is -1.34. The van der Waals surface area contributed by atoms with E-state index in [1.165, 1.54) is 0 Å². The summed E-state index contributed by atoms with van der Waals surface area (Å²) in [5.74, 6) is 0. The minimum Gasteiger partial charge on any atom is -0.356 e. The average Bonchev–Trinajstić information content (AvgIpc) is 2.61. The van der Waals surface area contributed by atoms with Gasteiger partial charge in [0.2, 0.25) is 0 Å². The molecule has 15 heavy (non-hydrogen) atoms. The van der Waals surface area contributed by atoms with Crippen LogP contribution in [0.5, 0.6) is 0 Å². The zero-order valence-corrected chi connectivity index (χ0v) is 10.1. The molecule has 0 aromatic carbocycles. The van der Waals surface area contributed by atoms with Gasteiger partial charge in [0.15, 0.2) is 0 Å². The second-order valence-corrected chi connectivity index (χ2v) is 4.92. The van der Waals surface area contributed by atoms with Crippen molar-refractivity contribution in [3.63, 3.8) is 0 Å². The van der Waals surface area contributed by atoms with Crippen molar-refractivity contribution >= 4 is 27.0 Å². The number of nitriles is 1. The lowest BCUT2D eigenvalue weighted by atomic mass is 9.92. The Bertz CT molecular complexity index is 548. The maximum absolute atomic E-state index is 9.03. The lowest BCUT2D eigenvalue weighted by molar-refractivity contribution is 0.667. The highest BCUT2D eigenvalue weighted by Gasteiger charge is 2.22. The Kier molecular flexibility index (Phi) is 2.28. The smallest absolute Gasteiger partial charge is 0.0916 e. The van der Waals surface area contributed by atoms with Gasteiger partial charge in [-0.2, -0.15) is 5.26 Å². The van der Waals surface area contributed by atoms with E-state index in [-0.39, 0.29) is 0 Å². The quantitative estimate of drug-likeness (QED) is 0.860. The summed E-state index contributed by atoms with van der Waals surface area (Å²) in [5, 5.41) is 9.03. The van der Waals surface area contributed by atoms with Crippen LogP contribution in [0.3, 0.4) is 0 Å². The summed E-state index contributed by atoms with van der Waals surface area (Å²) in [6.45, 7) is 3.76. The van der Waals surface area contributed by atoms with Crippen molar-refractivity contribution in [2.24, 2.45) is 0 Å². The fourth-order valence-electron chi connectivity index (χ4n) is 1.38. The van der Waals surface area contributed by atoms with Crippen molar-refractivity contribution in [2.45, 2.75) is 19.3 Å². The lowest BCUT2D eigenvalue weighted by Crippen LogP contribution is -2.13. The van der Waals surface area contributed by atoms with Crippen molar-refractivity contribution < 1.29 is 0 Å². The molecule has 0 amide bonds. The fourth-order valence-corrected chi connectivity index (χ4v) is 1.71. The first-order chi connectivity index (χ1) is 7.03. The Morgan fingerprint density at radius 1 is 1.47 bits per heavy atom. The fraction of sp³-hybridized carbons (Fsp3) is 0.273. The Balaban J connectivity index is 2.63. The van der Waals surface area contributed by atoms with E-state index in [1.807, 2.05) is 26.0 Å². The van der Waals surface area contributed by atoms with E-state index in [1.54, 1.807) is 6.20 Å². The van der Waals surface area contributed by atoms with Gasteiger partial charge in [-0.3, -0.25) is 4.98 Å². The molecule has 2 rings (SSSR count). The van der Waals surface area contributed by atoms with E-state index in [4.69, 9.17) is 5.26 Å². The van der Waals surface area contributed by atoms with Crippen molar-refractivity contribution in [1.82, 2.24) is 9.97 Å². The molecule has 0 fully saturated rings. The van der Waals surface area contributed by atoms with E-state index in [0.717, 1.165) is 21.2 Å². The van der Waals surface area contributed by atoms with E-state index in [0.29, 0.717) is 0 Å². The average molecular weight is 264 g/mol. The van der Waals surface area contributed by atoms with Crippen LogP contribution in [0.15, 0.2) is 22.8 Å². The molecule has 0 aliphatic rings. The van der Waals surface area contributed by atoms with Gasteiger partial charge in [0, 0.05) is 16.4 Å². The normalized spacial score (nSPS) is 11.6. The third-order valence-corrected chi connectivity index (χ3v) is 2.82. The summed E-state index contributed by atoms with van der Waals surface area (Å²) < 4.78 is 0.929. The van der Waals surface area contributed by atoms with Crippen LogP contribution in [0.4, 0.5) is 0 Å². The lowest BCUT2D eigenvalue weighted by Gasteiger charge is -2.11. The van der Waals surface area contributed by atoms with Gasteiger partial charge in [0.1, 0.15) is 0 Å². The summed E-state index contributed by atoms with van der Waals surface area (Å²) in [5.41, 5.74) is 2.22. The minimum atomic E-state index is -0.507. The first-order valence-corrected chi connectivity index (χ1v) is 5.38. The molecule has 4 heteroatoms. The first-order valence-electron chi connectivity index (χ1n) is 4.59. The summed E-state index contributed by atoms with van der Waals surface area (Å²) in [6.07, 6.45) is 1.75. The molecule has 0 radical (unpaired) electrons. The van der Waals surface area contributed by atoms with Gasteiger partial charge in [-0.1, -0.05) is 0 Å². The Labute approximate surface area is 96.3 Å². The second kappa shape index (κ2) is 3.35. The molecule has 0 saturated heterocycles. The third kappa shape index (κ3) is 1.75. The molecule has 0 bridgehead atoms. The molecule has 0 unspecified atom stereocenters. The van der Waals surface area contributed by atoms with Crippen LogP contribution in [-0.2, 0) is 5.41 Å². The van der Waals surface area contributed by atoms with Crippen LogP contribution in [0.2, 0.25) is 0 Å². The number of aromatic nitrogens is 2. The SMILES string of the molecule is CC(C)(C#N)c1cc2ncc(Br)cc2[nH]1. The van der Waals surface area contributed by atoms with E-state index < -0.39 is 5.41 Å². The van der Waals surface area contributed by atoms with Gasteiger partial charge in [-0.25, -0.2) is 0 Å². The number of aromatic amines is 1. The third-order valence-electron chi connectivity index (χ3n) is 2.39. The molecular weight excluding hydrogens is 254 g/mol. The van der Waals surface area contributed by atoms with Crippen LogP contribution in [0.1, 0.15) is 19.5 Å². The highest BCUT2D eigenvalue weighted by atomic mass is 79.9. The maximum Gasteiger partial charge on any atom is 0.0916 e. The number of hydrogen-bond acceptors (Lipinski definition) is 2. The molecular formula is C11H10BrN3. The molecule has 0 aliphatic carbocycles. The van der Waals surface area contributed by atoms with Gasteiger partial charge in [0.25, 0.3) is 0 Å². The number of H-pyrrole nitrogens is 1. The topological polar surface area (TPSA) is 52.5 Å². The molecule has 2 heterocycles. The summed E-state index contributed by atoms with van der Waals surface area (Å²) in [7, 11) is 0. The van der Waals surface area contributed by atoms with Gasteiger partial charge < -0.3 is 4.98 Å². The van der Waals surface area contributed by atoms with E-state index >= 15 is 0 Å². The molecule has 2 aromatic rings. The van der Waals surface area contributed by atoms with Crippen LogP contribution in [0, 0.1) is 11.3 Å². The van der Waals surface area contributed by atoms with Gasteiger partial charge in [-0.05, 0) is 41.9 Å². The monoisotopic (exact) mass is 263 g/mol. The second-order valence-electron chi connectivity index (χ2n) is 4.01. The molecule has 1 N–H and O–H groups in total. The van der Waals surface area contributed by atoms with Crippen LogP contribution in [-0.4, -0.2) is 9.97 Å². The first kappa shape index (κ1) is 10.2. The van der Waals surface area contributed by atoms with Crippen molar-refractivity contribution in [3.05, 3.63) is 28.5 Å². The van der Waals surface area contributed by atoms with Crippen LogP contribution in [0.25, 0.3) is 11.0 Å². The van der Waals surface area contributed by atoms with E-state index in [2.05, 4.69) is 32.0 Å². The summed E-state index contributed by atoms with van der Waals surface area (Å²) in [4.78, 5) is 7.47. The van der Waals surface area contributed by atoms with E-state index in [9.17, 15) is 0 Å².